The first-order valence-electron chi connectivity index (χ1n) is 8.98. The molecule has 1 N–H and O–H groups in total. The summed E-state index contributed by atoms with van der Waals surface area (Å²) in [5.74, 6) is 0.514. The lowest BCUT2D eigenvalue weighted by molar-refractivity contribution is 0.0947. The molecule has 0 saturated heterocycles. The molecule has 0 spiro atoms. The third-order valence-electron chi connectivity index (χ3n) is 4.28. The van der Waals surface area contributed by atoms with Crippen LogP contribution >= 0.6 is 0 Å². The molecule has 4 heteroatoms. The number of carbonyl (C=O) groups is 1. The Bertz CT molecular complexity index is 681. The summed E-state index contributed by atoms with van der Waals surface area (Å²) in [6.45, 7) is 10.2. The lowest BCUT2D eigenvalue weighted by atomic mass is 10.1. The molecule has 2 aromatic rings. The van der Waals surface area contributed by atoms with Gasteiger partial charge >= 0.3 is 0 Å². The number of amides is 1. The van der Waals surface area contributed by atoms with Gasteiger partial charge in [0.05, 0.1) is 12.2 Å². The van der Waals surface area contributed by atoms with Crippen molar-refractivity contribution in [1.82, 2.24) is 10.2 Å². The van der Waals surface area contributed by atoms with Crippen molar-refractivity contribution in [2.45, 2.75) is 33.9 Å². The van der Waals surface area contributed by atoms with Crippen molar-refractivity contribution >= 4 is 5.91 Å². The van der Waals surface area contributed by atoms with Crippen LogP contribution in [0.15, 0.2) is 48.5 Å². The molecule has 25 heavy (non-hydrogen) atoms. The molecular weight excluding hydrogens is 312 g/mol. The zero-order valence-electron chi connectivity index (χ0n) is 15.4. The molecule has 0 aliphatic rings. The van der Waals surface area contributed by atoms with Crippen LogP contribution in [0.3, 0.4) is 0 Å². The molecule has 0 aliphatic heterocycles. The van der Waals surface area contributed by atoms with E-state index in [1.165, 1.54) is 5.56 Å². The lowest BCUT2D eigenvalue weighted by Crippen LogP contribution is -2.26. The topological polar surface area (TPSA) is 41.6 Å². The zero-order valence-corrected chi connectivity index (χ0v) is 15.4. The minimum absolute atomic E-state index is 0.110. The van der Waals surface area contributed by atoms with Gasteiger partial charge < -0.3 is 10.1 Å². The summed E-state index contributed by atoms with van der Waals surface area (Å²) < 4.78 is 5.55. The largest absolute Gasteiger partial charge is 0.493 e. The maximum absolute atomic E-state index is 12.6. The molecule has 0 bridgehead atoms. The third kappa shape index (κ3) is 5.33. The van der Waals surface area contributed by atoms with E-state index in [9.17, 15) is 4.79 Å². The number of carbonyl (C=O) groups excluding carboxylic acids is 1. The highest BCUT2D eigenvalue weighted by Gasteiger charge is 2.12. The molecule has 0 aromatic heterocycles. The molecule has 0 heterocycles. The van der Waals surface area contributed by atoms with E-state index in [1.807, 2.05) is 31.2 Å². The first-order valence-corrected chi connectivity index (χ1v) is 8.98. The van der Waals surface area contributed by atoms with E-state index in [0.717, 1.165) is 25.2 Å². The second-order valence-corrected chi connectivity index (χ2v) is 5.84. The number of nitrogens with zero attached hydrogens (tertiary/aromatic N) is 1. The Morgan fingerprint density at radius 1 is 0.960 bits per heavy atom. The van der Waals surface area contributed by atoms with E-state index in [2.05, 4.69) is 42.3 Å². The van der Waals surface area contributed by atoms with Gasteiger partial charge in [-0.3, -0.25) is 9.69 Å². The fourth-order valence-electron chi connectivity index (χ4n) is 2.78. The van der Waals surface area contributed by atoms with Crippen LogP contribution in [0.2, 0.25) is 0 Å². The average molecular weight is 340 g/mol. The molecule has 2 rings (SSSR count). The van der Waals surface area contributed by atoms with Gasteiger partial charge in [-0.25, -0.2) is 0 Å². The molecule has 0 saturated carbocycles. The Morgan fingerprint density at radius 3 is 2.28 bits per heavy atom. The van der Waals surface area contributed by atoms with Gasteiger partial charge in [-0.2, -0.15) is 0 Å². The molecule has 134 valence electrons. The van der Waals surface area contributed by atoms with Crippen molar-refractivity contribution in [3.8, 4) is 5.75 Å². The van der Waals surface area contributed by atoms with Crippen molar-refractivity contribution in [2.24, 2.45) is 0 Å². The molecule has 0 fully saturated rings. The standard InChI is InChI=1S/C21H28N2O2/c1-4-23(5-2)16-18-12-8-7-11-17(18)15-22-21(24)19-13-9-10-14-20(19)25-6-3/h7-14H,4-6,15-16H2,1-3H3,(H,22,24). The first-order chi connectivity index (χ1) is 12.2. The molecule has 1 amide bonds. The van der Waals surface area contributed by atoms with Gasteiger partial charge in [0.2, 0.25) is 0 Å². The molecular formula is C21H28N2O2. The van der Waals surface area contributed by atoms with Gasteiger partial charge in [0.15, 0.2) is 0 Å². The number of rotatable bonds is 9. The Kier molecular flexibility index (Phi) is 7.48. The van der Waals surface area contributed by atoms with Gasteiger partial charge in [0, 0.05) is 13.1 Å². The van der Waals surface area contributed by atoms with E-state index in [0.29, 0.717) is 24.5 Å². The number of para-hydroxylation sites is 1. The van der Waals surface area contributed by atoms with E-state index in [-0.39, 0.29) is 5.91 Å². The number of hydrogen-bond donors (Lipinski definition) is 1. The average Bonchev–Trinajstić information content (AvgIpc) is 2.65. The highest BCUT2D eigenvalue weighted by atomic mass is 16.5. The molecule has 0 aliphatic carbocycles. The SMILES string of the molecule is CCOc1ccccc1C(=O)NCc1ccccc1CN(CC)CC. The van der Waals surface area contributed by atoms with Crippen molar-refractivity contribution in [2.75, 3.05) is 19.7 Å². The smallest absolute Gasteiger partial charge is 0.255 e. The van der Waals surface area contributed by atoms with Crippen LogP contribution < -0.4 is 10.1 Å². The van der Waals surface area contributed by atoms with Gasteiger partial charge in [-0.15, -0.1) is 0 Å². The van der Waals surface area contributed by atoms with Crippen LogP contribution in [0.5, 0.6) is 5.75 Å². The zero-order chi connectivity index (χ0) is 18.1. The second-order valence-electron chi connectivity index (χ2n) is 5.84. The summed E-state index contributed by atoms with van der Waals surface area (Å²) in [4.78, 5) is 14.9. The van der Waals surface area contributed by atoms with Crippen LogP contribution in [-0.2, 0) is 13.1 Å². The van der Waals surface area contributed by atoms with Crippen LogP contribution in [0.4, 0.5) is 0 Å². The monoisotopic (exact) mass is 340 g/mol. The second kappa shape index (κ2) is 9.84. The van der Waals surface area contributed by atoms with Crippen molar-refractivity contribution < 1.29 is 9.53 Å². The van der Waals surface area contributed by atoms with Gasteiger partial charge in [0.1, 0.15) is 5.75 Å². The molecule has 4 nitrogen and oxygen atoms in total. The Morgan fingerprint density at radius 2 is 1.60 bits per heavy atom. The summed E-state index contributed by atoms with van der Waals surface area (Å²) in [6, 6.07) is 15.6. The number of nitrogens with one attached hydrogen (secondary N) is 1. The fraction of sp³-hybridized carbons (Fsp3) is 0.381. The summed E-state index contributed by atoms with van der Waals surface area (Å²) in [6.07, 6.45) is 0. The Labute approximate surface area is 150 Å². The van der Waals surface area contributed by atoms with E-state index in [4.69, 9.17) is 4.74 Å². The number of hydrogen-bond acceptors (Lipinski definition) is 3. The van der Waals surface area contributed by atoms with Gasteiger partial charge in [-0.05, 0) is 43.3 Å². The molecule has 0 radical (unpaired) electrons. The van der Waals surface area contributed by atoms with Gasteiger partial charge in [-0.1, -0.05) is 50.2 Å². The fourth-order valence-corrected chi connectivity index (χ4v) is 2.78. The minimum Gasteiger partial charge on any atom is -0.493 e. The molecule has 2 aromatic carbocycles. The minimum atomic E-state index is -0.110. The highest BCUT2D eigenvalue weighted by Crippen LogP contribution is 2.18. The maximum Gasteiger partial charge on any atom is 0.255 e. The predicted molar refractivity (Wildman–Crippen MR) is 102 cm³/mol. The van der Waals surface area contributed by atoms with Crippen molar-refractivity contribution in [3.63, 3.8) is 0 Å². The van der Waals surface area contributed by atoms with Gasteiger partial charge in [0.25, 0.3) is 5.91 Å². The maximum atomic E-state index is 12.6. The predicted octanol–water partition coefficient (Wildman–Crippen LogP) is 3.86. The van der Waals surface area contributed by atoms with Crippen LogP contribution in [0, 0.1) is 0 Å². The van der Waals surface area contributed by atoms with Crippen LogP contribution in [0.1, 0.15) is 42.3 Å². The summed E-state index contributed by atoms with van der Waals surface area (Å²) in [5.41, 5.74) is 2.98. The third-order valence-corrected chi connectivity index (χ3v) is 4.28. The first kappa shape index (κ1) is 19.0. The summed E-state index contributed by atoms with van der Waals surface area (Å²) in [7, 11) is 0. The quantitative estimate of drug-likeness (QED) is 0.754. The van der Waals surface area contributed by atoms with Crippen molar-refractivity contribution in [1.29, 1.82) is 0 Å². The van der Waals surface area contributed by atoms with E-state index >= 15 is 0 Å². The summed E-state index contributed by atoms with van der Waals surface area (Å²) >= 11 is 0. The Hall–Kier alpha value is -2.33. The lowest BCUT2D eigenvalue weighted by Gasteiger charge is -2.20. The summed E-state index contributed by atoms with van der Waals surface area (Å²) in [5, 5.41) is 3.03. The molecule has 0 atom stereocenters. The molecule has 0 unspecified atom stereocenters. The van der Waals surface area contributed by atoms with Crippen molar-refractivity contribution in [3.05, 3.63) is 65.2 Å². The van der Waals surface area contributed by atoms with Crippen LogP contribution in [0.25, 0.3) is 0 Å². The number of ether oxygens (including phenoxy) is 1. The van der Waals surface area contributed by atoms with E-state index in [1.54, 1.807) is 6.07 Å². The highest BCUT2D eigenvalue weighted by molar-refractivity contribution is 5.96. The normalized spacial score (nSPS) is 10.7. The number of benzene rings is 2. The Balaban J connectivity index is 2.08. The van der Waals surface area contributed by atoms with E-state index < -0.39 is 0 Å². The van der Waals surface area contributed by atoms with Crippen LogP contribution in [-0.4, -0.2) is 30.5 Å².